The number of aryl methyl sites for hydroxylation is 1. The third-order valence-electron chi connectivity index (χ3n) is 3.42. The average molecular weight is 222 g/mol. The van der Waals surface area contributed by atoms with Crippen LogP contribution in [0.25, 0.3) is 0 Å². The topological polar surface area (TPSA) is 44.0 Å². The summed E-state index contributed by atoms with van der Waals surface area (Å²) >= 11 is 0. The maximum Gasteiger partial charge on any atom is 0.200 e. The minimum absolute atomic E-state index is 0.799. The zero-order chi connectivity index (χ0) is 11.4. The van der Waals surface area contributed by atoms with Gasteiger partial charge in [0.2, 0.25) is 0 Å². The van der Waals surface area contributed by atoms with Crippen LogP contribution in [-0.2, 0) is 0 Å². The summed E-state index contributed by atoms with van der Waals surface area (Å²) in [5.41, 5.74) is 1.11. The van der Waals surface area contributed by atoms with Gasteiger partial charge in [0, 0.05) is 18.4 Å². The second-order valence-electron chi connectivity index (χ2n) is 4.67. The Morgan fingerprint density at radius 2 is 2.25 bits per heavy atom. The van der Waals surface area contributed by atoms with Crippen molar-refractivity contribution in [1.29, 1.82) is 0 Å². The molecule has 1 saturated heterocycles. The Bertz CT molecular complexity index is 313. The number of aromatic amines is 1. The highest BCUT2D eigenvalue weighted by molar-refractivity contribution is 5.25. The molecular formula is C12H22N4. The Balaban J connectivity index is 1.71. The van der Waals surface area contributed by atoms with Crippen LogP contribution in [0.4, 0.5) is 5.95 Å². The minimum atomic E-state index is 0.799. The van der Waals surface area contributed by atoms with E-state index in [9.17, 15) is 0 Å². The molecule has 1 aliphatic heterocycles. The van der Waals surface area contributed by atoms with Crippen LogP contribution in [0.1, 0.15) is 25.5 Å². The summed E-state index contributed by atoms with van der Waals surface area (Å²) in [7, 11) is 0. The highest BCUT2D eigenvalue weighted by atomic mass is 15.1. The molecule has 0 bridgehead atoms. The Labute approximate surface area is 97.4 Å². The van der Waals surface area contributed by atoms with Crippen molar-refractivity contribution in [3.63, 3.8) is 0 Å². The first kappa shape index (κ1) is 11.5. The smallest absolute Gasteiger partial charge is 0.200 e. The molecular weight excluding hydrogens is 200 g/mol. The first-order valence-electron chi connectivity index (χ1n) is 6.25. The van der Waals surface area contributed by atoms with E-state index < -0.39 is 0 Å². The summed E-state index contributed by atoms with van der Waals surface area (Å²) in [4.78, 5) is 9.98. The van der Waals surface area contributed by atoms with Crippen LogP contribution in [-0.4, -0.2) is 41.0 Å². The van der Waals surface area contributed by atoms with Crippen molar-refractivity contribution in [3.05, 3.63) is 11.9 Å². The monoisotopic (exact) mass is 222 g/mol. The number of nitrogens with zero attached hydrogens (tertiary/aromatic N) is 2. The first-order valence-corrected chi connectivity index (χ1v) is 6.25. The van der Waals surface area contributed by atoms with Crippen molar-refractivity contribution in [2.24, 2.45) is 5.92 Å². The van der Waals surface area contributed by atoms with Crippen LogP contribution in [0.5, 0.6) is 0 Å². The first-order chi connectivity index (χ1) is 7.78. The fourth-order valence-electron chi connectivity index (χ4n) is 2.25. The van der Waals surface area contributed by atoms with Gasteiger partial charge in [0.05, 0.1) is 0 Å². The van der Waals surface area contributed by atoms with Gasteiger partial charge in [-0.15, -0.1) is 0 Å². The molecule has 4 heteroatoms. The standard InChI is InChI=1S/C12H22N4/c1-3-16-6-4-11(5-7-16)9-14-12-13-8-10(2)15-12/h8,11H,3-7,9H2,1-2H3,(H2,13,14,15). The van der Waals surface area contributed by atoms with E-state index in [4.69, 9.17) is 0 Å². The van der Waals surface area contributed by atoms with Gasteiger partial charge in [-0.2, -0.15) is 0 Å². The van der Waals surface area contributed by atoms with Crippen molar-refractivity contribution in [2.45, 2.75) is 26.7 Å². The van der Waals surface area contributed by atoms with Gasteiger partial charge in [-0.25, -0.2) is 4.98 Å². The predicted octanol–water partition coefficient (Wildman–Crippen LogP) is 1.86. The number of piperidine rings is 1. The van der Waals surface area contributed by atoms with Gasteiger partial charge in [0.1, 0.15) is 0 Å². The summed E-state index contributed by atoms with van der Waals surface area (Å²) in [5, 5.41) is 3.38. The van der Waals surface area contributed by atoms with Crippen LogP contribution in [0, 0.1) is 12.8 Å². The van der Waals surface area contributed by atoms with E-state index >= 15 is 0 Å². The molecule has 1 aliphatic rings. The molecule has 4 nitrogen and oxygen atoms in total. The molecule has 0 aromatic carbocycles. The number of hydrogen-bond acceptors (Lipinski definition) is 3. The number of nitrogens with one attached hydrogen (secondary N) is 2. The molecule has 0 saturated carbocycles. The van der Waals surface area contributed by atoms with E-state index in [1.165, 1.54) is 32.5 Å². The van der Waals surface area contributed by atoms with Crippen LogP contribution >= 0.6 is 0 Å². The van der Waals surface area contributed by atoms with Gasteiger partial charge < -0.3 is 15.2 Å². The van der Waals surface area contributed by atoms with E-state index in [2.05, 4.69) is 27.1 Å². The summed E-state index contributed by atoms with van der Waals surface area (Å²) in [6.07, 6.45) is 4.48. The molecule has 1 aromatic rings. The van der Waals surface area contributed by atoms with Crippen molar-refractivity contribution < 1.29 is 0 Å². The largest absolute Gasteiger partial charge is 0.356 e. The lowest BCUT2D eigenvalue weighted by Crippen LogP contribution is -2.35. The molecule has 2 rings (SSSR count). The third kappa shape index (κ3) is 2.98. The molecule has 90 valence electrons. The zero-order valence-electron chi connectivity index (χ0n) is 10.3. The van der Waals surface area contributed by atoms with Gasteiger partial charge >= 0.3 is 0 Å². The number of H-pyrrole nitrogens is 1. The molecule has 16 heavy (non-hydrogen) atoms. The highest BCUT2D eigenvalue weighted by Crippen LogP contribution is 2.17. The lowest BCUT2D eigenvalue weighted by molar-refractivity contribution is 0.198. The van der Waals surface area contributed by atoms with E-state index in [-0.39, 0.29) is 0 Å². The molecule has 0 aliphatic carbocycles. The summed E-state index contributed by atoms with van der Waals surface area (Å²) < 4.78 is 0. The molecule has 1 fully saturated rings. The molecule has 2 heterocycles. The fourth-order valence-corrected chi connectivity index (χ4v) is 2.25. The molecule has 0 atom stereocenters. The van der Waals surface area contributed by atoms with Crippen molar-refractivity contribution in [1.82, 2.24) is 14.9 Å². The lowest BCUT2D eigenvalue weighted by atomic mass is 9.97. The molecule has 1 aromatic heterocycles. The minimum Gasteiger partial charge on any atom is -0.356 e. The van der Waals surface area contributed by atoms with E-state index in [0.29, 0.717) is 0 Å². The van der Waals surface area contributed by atoms with Crippen LogP contribution in [0.3, 0.4) is 0 Å². The Morgan fingerprint density at radius 3 is 2.81 bits per heavy atom. The van der Waals surface area contributed by atoms with Gasteiger partial charge in [0.15, 0.2) is 5.95 Å². The van der Waals surface area contributed by atoms with Gasteiger partial charge in [-0.05, 0) is 45.3 Å². The number of imidazole rings is 1. The van der Waals surface area contributed by atoms with E-state index in [0.717, 1.165) is 24.1 Å². The highest BCUT2D eigenvalue weighted by Gasteiger charge is 2.17. The Morgan fingerprint density at radius 1 is 1.50 bits per heavy atom. The predicted molar refractivity (Wildman–Crippen MR) is 66.7 cm³/mol. The fraction of sp³-hybridized carbons (Fsp3) is 0.750. The second-order valence-corrected chi connectivity index (χ2v) is 4.67. The summed E-state index contributed by atoms with van der Waals surface area (Å²) in [6, 6.07) is 0. The molecule has 2 N–H and O–H groups in total. The van der Waals surface area contributed by atoms with E-state index in [1.807, 2.05) is 13.1 Å². The molecule has 0 unspecified atom stereocenters. The molecule has 0 radical (unpaired) electrons. The number of rotatable bonds is 4. The number of anilines is 1. The number of aromatic nitrogens is 2. The van der Waals surface area contributed by atoms with Crippen molar-refractivity contribution in [3.8, 4) is 0 Å². The summed E-state index contributed by atoms with van der Waals surface area (Å²) in [5.74, 6) is 1.71. The van der Waals surface area contributed by atoms with Gasteiger partial charge in [0.25, 0.3) is 0 Å². The van der Waals surface area contributed by atoms with Crippen LogP contribution in [0.2, 0.25) is 0 Å². The average Bonchev–Trinajstić information content (AvgIpc) is 2.73. The van der Waals surface area contributed by atoms with E-state index in [1.54, 1.807) is 0 Å². The maximum absolute atomic E-state index is 4.25. The Kier molecular flexibility index (Phi) is 3.83. The number of hydrogen-bond donors (Lipinski definition) is 2. The quantitative estimate of drug-likeness (QED) is 0.817. The molecule has 0 spiro atoms. The van der Waals surface area contributed by atoms with Gasteiger partial charge in [-0.1, -0.05) is 6.92 Å². The number of likely N-dealkylation sites (tertiary alicyclic amines) is 1. The normalized spacial score (nSPS) is 18.9. The van der Waals surface area contributed by atoms with Crippen LogP contribution in [0.15, 0.2) is 6.20 Å². The van der Waals surface area contributed by atoms with Gasteiger partial charge in [-0.3, -0.25) is 0 Å². The SMILES string of the molecule is CCN1CCC(CNc2ncc(C)[nH]2)CC1. The summed E-state index contributed by atoms with van der Waals surface area (Å²) in [6.45, 7) is 9.00. The van der Waals surface area contributed by atoms with Crippen molar-refractivity contribution >= 4 is 5.95 Å². The van der Waals surface area contributed by atoms with Crippen molar-refractivity contribution in [2.75, 3.05) is 31.5 Å². The molecule has 0 amide bonds. The maximum atomic E-state index is 4.25. The Hall–Kier alpha value is -1.03. The third-order valence-corrected chi connectivity index (χ3v) is 3.42. The zero-order valence-corrected chi connectivity index (χ0v) is 10.3. The second kappa shape index (κ2) is 5.34. The van der Waals surface area contributed by atoms with Crippen LogP contribution < -0.4 is 5.32 Å². The lowest BCUT2D eigenvalue weighted by Gasteiger charge is -2.30.